The molecule has 24 heavy (non-hydrogen) atoms. The van der Waals surface area contributed by atoms with Crippen LogP contribution in [0.1, 0.15) is 42.6 Å². The summed E-state index contributed by atoms with van der Waals surface area (Å²) < 4.78 is 6.50. The first-order valence-corrected chi connectivity index (χ1v) is 8.09. The molecule has 3 rings (SSSR count). The summed E-state index contributed by atoms with van der Waals surface area (Å²) in [4.78, 5) is 14.5. The van der Waals surface area contributed by atoms with Crippen molar-refractivity contribution in [3.05, 3.63) is 71.4 Å². The van der Waals surface area contributed by atoms with E-state index in [9.17, 15) is 10.0 Å². The van der Waals surface area contributed by atoms with Crippen LogP contribution in [0, 0.1) is 5.21 Å². The highest BCUT2D eigenvalue weighted by Crippen LogP contribution is 2.28. The lowest BCUT2D eigenvalue weighted by Crippen LogP contribution is -2.42. The van der Waals surface area contributed by atoms with Gasteiger partial charge in [0.15, 0.2) is 6.20 Å². The third-order valence-corrected chi connectivity index (χ3v) is 4.09. The predicted octanol–water partition coefficient (Wildman–Crippen LogP) is 3.68. The number of para-hydroxylation sites is 1. The van der Waals surface area contributed by atoms with E-state index in [1.807, 2.05) is 44.2 Å². The van der Waals surface area contributed by atoms with Gasteiger partial charge in [0.25, 0.3) is 5.69 Å². The van der Waals surface area contributed by atoms with Gasteiger partial charge >= 0.3 is 5.91 Å². The maximum Gasteiger partial charge on any atom is 0.320 e. The lowest BCUT2D eigenvalue weighted by Gasteiger charge is -2.26. The number of rotatable bonds is 5. The molecule has 0 bridgehead atoms. The molecule has 2 heterocycles. The van der Waals surface area contributed by atoms with Crippen LogP contribution in [0.4, 0.5) is 0 Å². The van der Waals surface area contributed by atoms with Crippen LogP contribution >= 0.6 is 0 Å². The Labute approximate surface area is 140 Å². The van der Waals surface area contributed by atoms with Crippen LogP contribution in [-0.2, 0) is 0 Å². The molecule has 0 N–H and O–H groups in total. The number of fused-ring (bicyclic) bond motifs is 1. The smallest absolute Gasteiger partial charge is 0.320 e. The Bertz CT molecular complexity index is 823. The third kappa shape index (κ3) is 2.97. The van der Waals surface area contributed by atoms with Gasteiger partial charge in [0.1, 0.15) is 11.3 Å². The Morgan fingerprint density at radius 1 is 1.25 bits per heavy atom. The fourth-order valence-corrected chi connectivity index (χ4v) is 2.81. The molecule has 1 atom stereocenters. The highest BCUT2D eigenvalue weighted by molar-refractivity contribution is 5.91. The molecule has 0 aliphatic rings. The summed E-state index contributed by atoms with van der Waals surface area (Å²) in [6.45, 7) is 4.47. The van der Waals surface area contributed by atoms with Crippen molar-refractivity contribution >= 4 is 16.9 Å². The van der Waals surface area contributed by atoms with E-state index in [-0.39, 0.29) is 17.6 Å². The molecule has 0 saturated carbocycles. The molecule has 1 aromatic carbocycles. The van der Waals surface area contributed by atoms with E-state index in [0.717, 1.165) is 17.4 Å². The highest BCUT2D eigenvalue weighted by atomic mass is 16.5. The van der Waals surface area contributed by atoms with Gasteiger partial charge in [-0.2, -0.15) is 4.73 Å². The SMILES string of the molecule is CCCN(C(=O)c1cccc[n+]1[O-])[C@H](C)c1cc2ccccc2o1. The van der Waals surface area contributed by atoms with Gasteiger partial charge in [-0.25, -0.2) is 0 Å². The zero-order valence-corrected chi connectivity index (χ0v) is 13.8. The zero-order valence-electron chi connectivity index (χ0n) is 13.8. The van der Waals surface area contributed by atoms with Crippen LogP contribution in [-0.4, -0.2) is 17.4 Å². The van der Waals surface area contributed by atoms with Crippen molar-refractivity contribution in [3.63, 3.8) is 0 Å². The van der Waals surface area contributed by atoms with Gasteiger partial charge in [-0.3, -0.25) is 4.79 Å². The monoisotopic (exact) mass is 324 g/mol. The van der Waals surface area contributed by atoms with Crippen molar-refractivity contribution in [3.8, 4) is 0 Å². The Balaban J connectivity index is 1.94. The summed E-state index contributed by atoms with van der Waals surface area (Å²) in [5.74, 6) is 0.423. The molecule has 2 aromatic heterocycles. The van der Waals surface area contributed by atoms with Gasteiger partial charge in [0.2, 0.25) is 0 Å². The van der Waals surface area contributed by atoms with E-state index in [0.29, 0.717) is 17.0 Å². The molecule has 5 nitrogen and oxygen atoms in total. The molecule has 0 unspecified atom stereocenters. The van der Waals surface area contributed by atoms with Crippen LogP contribution < -0.4 is 4.73 Å². The molecule has 0 spiro atoms. The van der Waals surface area contributed by atoms with Crippen LogP contribution in [0.3, 0.4) is 0 Å². The Hall–Kier alpha value is -2.82. The first-order chi connectivity index (χ1) is 11.6. The number of hydrogen-bond donors (Lipinski definition) is 0. The molecular weight excluding hydrogens is 304 g/mol. The molecule has 124 valence electrons. The van der Waals surface area contributed by atoms with Crippen molar-refractivity contribution in [2.24, 2.45) is 0 Å². The second kappa shape index (κ2) is 6.74. The lowest BCUT2D eigenvalue weighted by atomic mass is 10.1. The molecule has 0 aliphatic carbocycles. The molecule has 0 fully saturated rings. The van der Waals surface area contributed by atoms with Gasteiger partial charge in [-0.05, 0) is 31.5 Å². The van der Waals surface area contributed by atoms with Crippen molar-refractivity contribution in [2.45, 2.75) is 26.3 Å². The first kappa shape index (κ1) is 16.1. The number of carbonyl (C=O) groups excluding carboxylic acids is 1. The topological polar surface area (TPSA) is 60.4 Å². The summed E-state index contributed by atoms with van der Waals surface area (Å²) >= 11 is 0. The molecule has 3 aromatic rings. The summed E-state index contributed by atoms with van der Waals surface area (Å²) in [7, 11) is 0. The molecule has 5 heteroatoms. The van der Waals surface area contributed by atoms with Crippen molar-refractivity contribution in [1.29, 1.82) is 0 Å². The number of carbonyl (C=O) groups is 1. The first-order valence-electron chi connectivity index (χ1n) is 8.09. The molecule has 0 radical (unpaired) electrons. The summed E-state index contributed by atoms with van der Waals surface area (Å²) in [5, 5.41) is 12.9. The summed E-state index contributed by atoms with van der Waals surface area (Å²) in [6, 6.07) is 14.3. The minimum Gasteiger partial charge on any atom is -0.618 e. The van der Waals surface area contributed by atoms with E-state index in [1.165, 1.54) is 6.20 Å². The van der Waals surface area contributed by atoms with Gasteiger partial charge in [0, 0.05) is 24.1 Å². The minimum absolute atomic E-state index is 0.119. The van der Waals surface area contributed by atoms with E-state index >= 15 is 0 Å². The number of amides is 1. The third-order valence-electron chi connectivity index (χ3n) is 4.09. The van der Waals surface area contributed by atoms with Crippen LogP contribution in [0.25, 0.3) is 11.0 Å². The standard InChI is InChI=1S/C19H20N2O3/c1-3-11-20(19(22)16-9-6-7-12-21(16)23)14(2)18-13-15-8-4-5-10-17(15)24-18/h4-10,12-14H,3,11H2,1-2H3/t14-/m1/s1. The fraction of sp³-hybridized carbons (Fsp3) is 0.263. The predicted molar refractivity (Wildman–Crippen MR) is 91.4 cm³/mol. The molecular formula is C19H20N2O3. The fourth-order valence-electron chi connectivity index (χ4n) is 2.81. The largest absolute Gasteiger partial charge is 0.618 e. The maximum atomic E-state index is 12.8. The van der Waals surface area contributed by atoms with Crippen molar-refractivity contribution in [2.75, 3.05) is 6.54 Å². The molecule has 0 aliphatic heterocycles. The number of furan rings is 1. The molecule has 1 amide bonds. The van der Waals surface area contributed by atoms with E-state index in [4.69, 9.17) is 4.42 Å². The Morgan fingerprint density at radius 3 is 2.71 bits per heavy atom. The minimum atomic E-state index is -0.291. The zero-order chi connectivity index (χ0) is 17.1. The number of benzene rings is 1. The van der Waals surface area contributed by atoms with Gasteiger partial charge in [-0.15, -0.1) is 0 Å². The van der Waals surface area contributed by atoms with E-state index in [2.05, 4.69) is 0 Å². The normalized spacial score (nSPS) is 12.2. The number of aromatic nitrogens is 1. The molecule has 0 saturated heterocycles. The van der Waals surface area contributed by atoms with Crippen LogP contribution in [0.5, 0.6) is 0 Å². The van der Waals surface area contributed by atoms with Gasteiger partial charge < -0.3 is 14.5 Å². The average molecular weight is 324 g/mol. The maximum absolute atomic E-state index is 12.8. The Kier molecular flexibility index (Phi) is 4.51. The highest BCUT2D eigenvalue weighted by Gasteiger charge is 2.28. The average Bonchev–Trinajstić information content (AvgIpc) is 3.03. The second-order valence-electron chi connectivity index (χ2n) is 5.77. The Morgan fingerprint density at radius 2 is 2.00 bits per heavy atom. The van der Waals surface area contributed by atoms with E-state index in [1.54, 1.807) is 23.1 Å². The lowest BCUT2D eigenvalue weighted by molar-refractivity contribution is -0.608. The van der Waals surface area contributed by atoms with Crippen molar-refractivity contribution in [1.82, 2.24) is 4.90 Å². The summed E-state index contributed by atoms with van der Waals surface area (Å²) in [6.07, 6.45) is 2.13. The van der Waals surface area contributed by atoms with Crippen molar-refractivity contribution < 1.29 is 13.9 Å². The van der Waals surface area contributed by atoms with E-state index < -0.39 is 0 Å². The van der Waals surface area contributed by atoms with Crippen LogP contribution in [0.2, 0.25) is 0 Å². The van der Waals surface area contributed by atoms with Crippen LogP contribution in [0.15, 0.2) is 59.1 Å². The second-order valence-corrected chi connectivity index (χ2v) is 5.77. The number of nitrogens with zero attached hydrogens (tertiary/aromatic N) is 2. The van der Waals surface area contributed by atoms with Gasteiger partial charge in [0.05, 0.1) is 6.04 Å². The van der Waals surface area contributed by atoms with Gasteiger partial charge in [-0.1, -0.05) is 25.1 Å². The number of pyridine rings is 1. The quantitative estimate of drug-likeness (QED) is 0.531. The number of hydrogen-bond acceptors (Lipinski definition) is 3. The summed E-state index contributed by atoms with van der Waals surface area (Å²) in [5.41, 5.74) is 0.913.